The number of carboxylic acid groups (broad SMARTS) is 1. The van der Waals surface area contributed by atoms with Crippen LogP contribution in [0.4, 0.5) is 5.69 Å². The molecule has 1 heterocycles. The van der Waals surface area contributed by atoms with E-state index in [1.165, 1.54) is 0 Å². The van der Waals surface area contributed by atoms with Gasteiger partial charge in [0, 0.05) is 18.8 Å². The number of rotatable bonds is 3. The van der Waals surface area contributed by atoms with Crippen LogP contribution in [0.25, 0.3) is 0 Å². The lowest BCUT2D eigenvalue weighted by molar-refractivity contribution is 0.0126. The van der Waals surface area contributed by atoms with Gasteiger partial charge in [-0.2, -0.15) is 0 Å². The third kappa shape index (κ3) is 2.64. The van der Waals surface area contributed by atoms with Crippen LogP contribution in [0.5, 0.6) is 0 Å². The summed E-state index contributed by atoms with van der Waals surface area (Å²) in [5.74, 6) is -0.902. The molecule has 1 aliphatic heterocycles. The fourth-order valence-corrected chi connectivity index (χ4v) is 2.35. The van der Waals surface area contributed by atoms with Crippen LogP contribution >= 0.6 is 0 Å². The zero-order chi connectivity index (χ0) is 13.2. The molecule has 4 heteroatoms. The molecule has 0 aromatic heterocycles. The van der Waals surface area contributed by atoms with E-state index in [1.54, 1.807) is 12.1 Å². The number of hydrogen-bond acceptors (Lipinski definition) is 3. The van der Waals surface area contributed by atoms with Crippen LogP contribution < -0.4 is 4.90 Å². The van der Waals surface area contributed by atoms with E-state index >= 15 is 0 Å². The monoisotopic (exact) mass is 249 g/mol. The van der Waals surface area contributed by atoms with E-state index in [9.17, 15) is 9.90 Å². The molecule has 0 saturated carbocycles. The van der Waals surface area contributed by atoms with Gasteiger partial charge in [-0.3, -0.25) is 0 Å². The number of carboxylic acids is 1. The fraction of sp³-hybridized carbons (Fsp3) is 0.500. The van der Waals surface area contributed by atoms with Crippen LogP contribution in [-0.4, -0.2) is 34.9 Å². The van der Waals surface area contributed by atoms with Gasteiger partial charge in [0.2, 0.25) is 0 Å². The van der Waals surface area contributed by atoms with Gasteiger partial charge in [-0.05, 0) is 43.5 Å². The first-order valence-corrected chi connectivity index (χ1v) is 6.35. The van der Waals surface area contributed by atoms with Crippen molar-refractivity contribution in [3.63, 3.8) is 0 Å². The molecule has 1 aliphatic rings. The van der Waals surface area contributed by atoms with Gasteiger partial charge in [-0.15, -0.1) is 0 Å². The zero-order valence-electron chi connectivity index (χ0n) is 10.6. The quantitative estimate of drug-likeness (QED) is 0.861. The van der Waals surface area contributed by atoms with Crippen molar-refractivity contribution >= 4 is 11.7 Å². The predicted molar refractivity (Wildman–Crippen MR) is 70.1 cm³/mol. The van der Waals surface area contributed by atoms with Crippen molar-refractivity contribution in [2.75, 3.05) is 18.0 Å². The molecule has 1 aromatic carbocycles. The van der Waals surface area contributed by atoms with E-state index in [-0.39, 0.29) is 0 Å². The molecule has 1 saturated heterocycles. The standard InChI is InChI=1S/C14H19NO3/c1-2-14(18)7-9-15(10-8-14)12-5-3-11(4-6-12)13(16)17/h3-6,18H,2,7-10H2,1H3,(H,16,17). The molecule has 98 valence electrons. The normalized spacial score (nSPS) is 18.7. The minimum Gasteiger partial charge on any atom is -0.478 e. The van der Waals surface area contributed by atoms with Crippen molar-refractivity contribution in [1.82, 2.24) is 0 Å². The van der Waals surface area contributed by atoms with Crippen molar-refractivity contribution in [2.24, 2.45) is 0 Å². The van der Waals surface area contributed by atoms with Crippen molar-refractivity contribution < 1.29 is 15.0 Å². The number of hydrogen-bond donors (Lipinski definition) is 2. The maximum Gasteiger partial charge on any atom is 0.335 e. The van der Waals surface area contributed by atoms with Crippen molar-refractivity contribution in [3.8, 4) is 0 Å². The van der Waals surface area contributed by atoms with Crippen LogP contribution in [-0.2, 0) is 0 Å². The van der Waals surface area contributed by atoms with Crippen LogP contribution in [0.15, 0.2) is 24.3 Å². The molecule has 0 bridgehead atoms. The molecule has 0 amide bonds. The number of benzene rings is 1. The number of aromatic carboxylic acids is 1. The van der Waals surface area contributed by atoms with Gasteiger partial charge >= 0.3 is 5.97 Å². The molecule has 0 atom stereocenters. The second kappa shape index (κ2) is 4.98. The highest BCUT2D eigenvalue weighted by Crippen LogP contribution is 2.28. The second-order valence-electron chi connectivity index (χ2n) is 4.92. The molecule has 0 spiro atoms. The Bertz CT molecular complexity index is 419. The first kappa shape index (κ1) is 12.9. The van der Waals surface area contributed by atoms with Crippen LogP contribution in [0, 0.1) is 0 Å². The van der Waals surface area contributed by atoms with E-state index in [0.29, 0.717) is 5.56 Å². The number of piperidine rings is 1. The van der Waals surface area contributed by atoms with E-state index in [1.807, 2.05) is 19.1 Å². The summed E-state index contributed by atoms with van der Waals surface area (Å²) in [5.41, 5.74) is 0.816. The first-order valence-electron chi connectivity index (χ1n) is 6.35. The molecular weight excluding hydrogens is 230 g/mol. The van der Waals surface area contributed by atoms with Crippen LogP contribution in [0.2, 0.25) is 0 Å². The maximum absolute atomic E-state index is 10.8. The second-order valence-corrected chi connectivity index (χ2v) is 4.92. The number of anilines is 1. The SMILES string of the molecule is CCC1(O)CCN(c2ccc(C(=O)O)cc2)CC1. The van der Waals surface area contributed by atoms with E-state index in [2.05, 4.69) is 4.90 Å². The first-order chi connectivity index (χ1) is 8.54. The minimum absolute atomic E-state index is 0.306. The number of carbonyl (C=O) groups is 1. The number of nitrogens with zero attached hydrogens (tertiary/aromatic N) is 1. The number of aliphatic hydroxyl groups is 1. The topological polar surface area (TPSA) is 60.8 Å². The van der Waals surface area contributed by atoms with Crippen molar-refractivity contribution in [2.45, 2.75) is 31.8 Å². The van der Waals surface area contributed by atoms with Crippen molar-refractivity contribution in [3.05, 3.63) is 29.8 Å². The van der Waals surface area contributed by atoms with E-state index < -0.39 is 11.6 Å². The molecule has 0 unspecified atom stereocenters. The smallest absolute Gasteiger partial charge is 0.335 e. The summed E-state index contributed by atoms with van der Waals surface area (Å²) in [6, 6.07) is 6.91. The van der Waals surface area contributed by atoms with Crippen LogP contribution in [0.1, 0.15) is 36.5 Å². The summed E-state index contributed by atoms with van der Waals surface area (Å²) in [4.78, 5) is 13.0. The summed E-state index contributed by atoms with van der Waals surface area (Å²) in [7, 11) is 0. The van der Waals surface area contributed by atoms with Gasteiger partial charge in [0.15, 0.2) is 0 Å². The largest absolute Gasteiger partial charge is 0.478 e. The molecule has 2 rings (SSSR count). The Morgan fingerprint density at radius 3 is 2.28 bits per heavy atom. The lowest BCUT2D eigenvalue weighted by Crippen LogP contribution is -2.44. The minimum atomic E-state index is -0.902. The summed E-state index contributed by atoms with van der Waals surface area (Å²) >= 11 is 0. The van der Waals surface area contributed by atoms with Gasteiger partial charge < -0.3 is 15.1 Å². The van der Waals surface area contributed by atoms with E-state index in [0.717, 1.165) is 38.0 Å². The molecule has 4 nitrogen and oxygen atoms in total. The fourth-order valence-electron chi connectivity index (χ4n) is 2.35. The Morgan fingerprint density at radius 1 is 1.28 bits per heavy atom. The van der Waals surface area contributed by atoms with Gasteiger partial charge in [-0.25, -0.2) is 4.79 Å². The van der Waals surface area contributed by atoms with E-state index in [4.69, 9.17) is 5.11 Å². The average molecular weight is 249 g/mol. The Labute approximate surface area is 107 Å². The molecule has 2 N–H and O–H groups in total. The summed E-state index contributed by atoms with van der Waals surface area (Å²) < 4.78 is 0. The van der Waals surface area contributed by atoms with Crippen molar-refractivity contribution in [1.29, 1.82) is 0 Å². The molecule has 1 fully saturated rings. The zero-order valence-corrected chi connectivity index (χ0v) is 10.6. The highest BCUT2D eigenvalue weighted by molar-refractivity contribution is 5.88. The Kier molecular flexibility index (Phi) is 3.57. The Morgan fingerprint density at radius 2 is 1.83 bits per heavy atom. The molecule has 1 aromatic rings. The van der Waals surface area contributed by atoms with Gasteiger partial charge in [0.05, 0.1) is 11.2 Å². The predicted octanol–water partition coefficient (Wildman–Crippen LogP) is 2.13. The Balaban J connectivity index is 2.03. The van der Waals surface area contributed by atoms with Gasteiger partial charge in [-0.1, -0.05) is 6.92 Å². The lowest BCUT2D eigenvalue weighted by Gasteiger charge is -2.38. The average Bonchev–Trinajstić information content (AvgIpc) is 2.40. The lowest BCUT2D eigenvalue weighted by atomic mass is 9.89. The molecular formula is C14H19NO3. The molecule has 18 heavy (non-hydrogen) atoms. The molecule has 0 aliphatic carbocycles. The highest BCUT2D eigenvalue weighted by Gasteiger charge is 2.30. The third-order valence-electron chi connectivity index (χ3n) is 3.83. The highest BCUT2D eigenvalue weighted by atomic mass is 16.4. The maximum atomic E-state index is 10.8. The Hall–Kier alpha value is -1.55. The summed E-state index contributed by atoms with van der Waals surface area (Å²) in [6.45, 7) is 3.64. The van der Waals surface area contributed by atoms with Gasteiger partial charge in [0.1, 0.15) is 0 Å². The molecule has 0 radical (unpaired) electrons. The van der Waals surface area contributed by atoms with Crippen LogP contribution in [0.3, 0.4) is 0 Å². The van der Waals surface area contributed by atoms with Gasteiger partial charge in [0.25, 0.3) is 0 Å². The summed E-state index contributed by atoms with van der Waals surface area (Å²) in [5, 5.41) is 19.0. The third-order valence-corrected chi connectivity index (χ3v) is 3.83. The summed E-state index contributed by atoms with van der Waals surface area (Å²) in [6.07, 6.45) is 2.33.